The molecule has 0 spiro atoms. The third kappa shape index (κ3) is 4.65. The lowest BCUT2D eigenvalue weighted by Gasteiger charge is -2.28. The second kappa shape index (κ2) is 9.88. The van der Waals surface area contributed by atoms with Crippen molar-refractivity contribution >= 4 is 46.2 Å². The summed E-state index contributed by atoms with van der Waals surface area (Å²) in [4.78, 5) is 18.2. The van der Waals surface area contributed by atoms with Gasteiger partial charge in [0.1, 0.15) is 5.75 Å². The number of nitrogens with zero attached hydrogens (tertiary/aromatic N) is 3. The molecule has 1 saturated heterocycles. The maximum atomic E-state index is 11.5. The summed E-state index contributed by atoms with van der Waals surface area (Å²) in [5, 5.41) is 18.0. The summed E-state index contributed by atoms with van der Waals surface area (Å²) < 4.78 is 2.01. The fourth-order valence-corrected chi connectivity index (χ4v) is 5.50. The molecule has 1 aliphatic rings. The Morgan fingerprint density at radius 2 is 1.86 bits per heavy atom. The Kier molecular flexibility index (Phi) is 6.62. The van der Waals surface area contributed by atoms with E-state index in [1.54, 1.807) is 24.4 Å². The van der Waals surface area contributed by atoms with E-state index in [9.17, 15) is 9.90 Å². The average molecular weight is 532 g/mol. The highest BCUT2D eigenvalue weighted by atomic mass is 35.5. The number of aryl methyl sites for hydroxylation is 1. The number of aromatic hydroxyl groups is 1. The molecule has 7 nitrogen and oxygen atoms in total. The first-order chi connectivity index (χ1) is 17.7. The molecule has 2 aromatic heterocycles. The molecule has 1 fully saturated rings. The maximum Gasteiger partial charge on any atom is 0.221 e. The molecular weight excluding hydrogens is 506 g/mol. The van der Waals surface area contributed by atoms with Gasteiger partial charge in [0.15, 0.2) is 5.11 Å². The highest BCUT2D eigenvalue weighted by Gasteiger charge is 2.42. The monoisotopic (exact) mass is 531 g/mol. The van der Waals surface area contributed by atoms with E-state index in [1.165, 1.54) is 6.92 Å². The van der Waals surface area contributed by atoms with Gasteiger partial charge >= 0.3 is 0 Å². The average Bonchev–Trinajstić information content (AvgIpc) is 3.36. The van der Waals surface area contributed by atoms with Gasteiger partial charge in [-0.2, -0.15) is 0 Å². The van der Waals surface area contributed by atoms with Gasteiger partial charge in [0, 0.05) is 40.9 Å². The molecule has 5 rings (SSSR count). The second-order valence-corrected chi connectivity index (χ2v) is 9.84. The van der Waals surface area contributed by atoms with Crippen LogP contribution in [0.1, 0.15) is 41.7 Å². The van der Waals surface area contributed by atoms with Gasteiger partial charge in [-0.1, -0.05) is 17.7 Å². The number of carbonyl (C=O) groups is 1. The lowest BCUT2D eigenvalue weighted by molar-refractivity contribution is -0.114. The number of amides is 1. The summed E-state index contributed by atoms with van der Waals surface area (Å²) in [6.45, 7) is 5.51. The molecule has 2 aromatic carbocycles. The molecule has 0 radical (unpaired) electrons. The number of hydrogen-bond donors (Lipinski definition) is 3. The number of thiocarbonyl (C=S) groups is 1. The van der Waals surface area contributed by atoms with Crippen LogP contribution in [0.2, 0.25) is 5.02 Å². The smallest absolute Gasteiger partial charge is 0.221 e. The molecule has 2 unspecified atom stereocenters. The van der Waals surface area contributed by atoms with Gasteiger partial charge in [0.2, 0.25) is 5.91 Å². The largest absolute Gasteiger partial charge is 0.506 e. The van der Waals surface area contributed by atoms with Crippen molar-refractivity contribution < 1.29 is 9.90 Å². The molecule has 0 aliphatic carbocycles. The Morgan fingerprint density at radius 1 is 1.11 bits per heavy atom. The van der Waals surface area contributed by atoms with Crippen LogP contribution in [0, 0.1) is 13.8 Å². The third-order valence-electron chi connectivity index (χ3n) is 6.53. The summed E-state index contributed by atoms with van der Waals surface area (Å²) in [5.74, 6) is 0.0143. The summed E-state index contributed by atoms with van der Waals surface area (Å²) in [7, 11) is 0. The van der Waals surface area contributed by atoms with Crippen LogP contribution >= 0.6 is 23.8 Å². The van der Waals surface area contributed by atoms with E-state index in [1.807, 2.05) is 60.9 Å². The van der Waals surface area contributed by atoms with E-state index in [4.69, 9.17) is 23.8 Å². The Hall–Kier alpha value is -3.88. The predicted molar refractivity (Wildman–Crippen MR) is 151 cm³/mol. The Bertz CT molecular complexity index is 1490. The van der Waals surface area contributed by atoms with E-state index in [-0.39, 0.29) is 23.7 Å². The van der Waals surface area contributed by atoms with Gasteiger partial charge in [-0.05, 0) is 92.3 Å². The van der Waals surface area contributed by atoms with Crippen LogP contribution in [0.3, 0.4) is 0 Å². The van der Waals surface area contributed by atoms with Crippen molar-refractivity contribution in [2.75, 3.05) is 10.2 Å². The first kappa shape index (κ1) is 24.8. The Morgan fingerprint density at radius 3 is 2.54 bits per heavy atom. The zero-order valence-corrected chi connectivity index (χ0v) is 22.1. The number of phenols is 1. The maximum absolute atomic E-state index is 11.5. The number of carbonyl (C=O) groups excluding carboxylic acids is 1. The molecule has 0 saturated carbocycles. The summed E-state index contributed by atoms with van der Waals surface area (Å²) in [5.41, 5.74) is 6.00. The van der Waals surface area contributed by atoms with E-state index in [2.05, 4.69) is 26.6 Å². The zero-order chi connectivity index (χ0) is 26.3. The van der Waals surface area contributed by atoms with Gasteiger partial charge in [-0.15, -0.1) is 0 Å². The van der Waals surface area contributed by atoms with Crippen molar-refractivity contribution in [3.05, 3.63) is 101 Å². The van der Waals surface area contributed by atoms with Crippen LogP contribution in [0.25, 0.3) is 5.69 Å². The van der Waals surface area contributed by atoms with Gasteiger partial charge in [-0.3, -0.25) is 9.78 Å². The number of benzene rings is 2. The van der Waals surface area contributed by atoms with Crippen molar-refractivity contribution in [2.24, 2.45) is 0 Å². The molecule has 37 heavy (non-hydrogen) atoms. The van der Waals surface area contributed by atoms with E-state index in [0.717, 1.165) is 28.3 Å². The van der Waals surface area contributed by atoms with Gasteiger partial charge in [0.05, 0.1) is 23.5 Å². The first-order valence-corrected chi connectivity index (χ1v) is 12.6. The van der Waals surface area contributed by atoms with E-state index >= 15 is 0 Å². The highest BCUT2D eigenvalue weighted by Crippen LogP contribution is 2.44. The molecule has 3 heterocycles. The zero-order valence-electron chi connectivity index (χ0n) is 20.6. The minimum Gasteiger partial charge on any atom is -0.506 e. The standard InChI is InChI=1S/C28H26ClN5O2S/c1-16-14-22(17(2)33(16)24-15-19(29)7-12-25(24)36)27-26(23-6-4-5-13-30-23)32-28(37)34(27)21-10-8-20(9-11-21)31-18(3)35/h4-15,26-27,36H,1-3H3,(H,31,35)(H,32,37). The minimum absolute atomic E-state index is 0.129. The molecule has 3 N–H and O–H groups in total. The first-order valence-electron chi connectivity index (χ1n) is 11.8. The number of nitrogens with one attached hydrogen (secondary N) is 2. The number of halogens is 1. The summed E-state index contributed by atoms with van der Waals surface area (Å²) in [6.07, 6.45) is 1.77. The van der Waals surface area contributed by atoms with Crippen molar-refractivity contribution in [3.63, 3.8) is 0 Å². The van der Waals surface area contributed by atoms with Crippen molar-refractivity contribution in [1.82, 2.24) is 14.9 Å². The second-order valence-electron chi connectivity index (χ2n) is 9.02. The van der Waals surface area contributed by atoms with Crippen LogP contribution in [-0.2, 0) is 4.79 Å². The van der Waals surface area contributed by atoms with Crippen LogP contribution in [0.5, 0.6) is 5.75 Å². The van der Waals surface area contributed by atoms with Crippen LogP contribution in [0.15, 0.2) is 72.9 Å². The molecular formula is C28H26ClN5O2S. The quantitative estimate of drug-likeness (QED) is 0.275. The lowest BCUT2D eigenvalue weighted by Crippen LogP contribution is -2.29. The van der Waals surface area contributed by atoms with Crippen LogP contribution < -0.4 is 15.5 Å². The molecule has 1 aliphatic heterocycles. The summed E-state index contributed by atoms with van der Waals surface area (Å²) in [6, 6.07) is 20.1. The number of phenolic OH excluding ortho intramolecular Hbond substituents is 1. The fraction of sp³-hybridized carbons (Fsp3) is 0.179. The van der Waals surface area contributed by atoms with Gasteiger partial charge in [-0.25, -0.2) is 0 Å². The summed E-state index contributed by atoms with van der Waals surface area (Å²) >= 11 is 12.1. The van der Waals surface area contributed by atoms with Gasteiger partial charge < -0.3 is 25.2 Å². The Balaban J connectivity index is 1.65. The predicted octanol–water partition coefficient (Wildman–Crippen LogP) is 5.98. The number of pyridine rings is 1. The third-order valence-corrected chi connectivity index (χ3v) is 7.08. The van der Waals surface area contributed by atoms with Crippen molar-refractivity contribution in [3.8, 4) is 11.4 Å². The molecule has 2 atom stereocenters. The van der Waals surface area contributed by atoms with Crippen LogP contribution in [-0.4, -0.2) is 25.7 Å². The molecule has 1 amide bonds. The van der Waals surface area contributed by atoms with Gasteiger partial charge in [0.25, 0.3) is 0 Å². The minimum atomic E-state index is -0.227. The fourth-order valence-electron chi connectivity index (χ4n) is 4.99. The lowest BCUT2D eigenvalue weighted by atomic mass is 9.96. The van der Waals surface area contributed by atoms with E-state index < -0.39 is 0 Å². The molecule has 4 aromatic rings. The number of rotatable bonds is 5. The molecule has 188 valence electrons. The number of anilines is 2. The van der Waals surface area contributed by atoms with Crippen molar-refractivity contribution in [1.29, 1.82) is 0 Å². The topological polar surface area (TPSA) is 82.4 Å². The molecule has 9 heteroatoms. The number of aromatic nitrogens is 2. The highest BCUT2D eigenvalue weighted by molar-refractivity contribution is 7.80. The van der Waals surface area contributed by atoms with Crippen molar-refractivity contribution in [2.45, 2.75) is 32.9 Å². The number of hydrogen-bond acceptors (Lipinski definition) is 4. The molecule has 0 bridgehead atoms. The SMILES string of the molecule is CC(=O)Nc1ccc(N2C(=S)NC(c3ccccn3)C2c2cc(C)n(-c3cc(Cl)ccc3O)c2C)cc1. The van der Waals surface area contributed by atoms with E-state index in [0.29, 0.717) is 21.5 Å². The van der Waals surface area contributed by atoms with Crippen LogP contribution in [0.4, 0.5) is 11.4 Å². The Labute approximate surface area is 225 Å². The normalized spacial score (nSPS) is 17.1.